The summed E-state index contributed by atoms with van der Waals surface area (Å²) >= 11 is 7.24. The molecule has 1 unspecified atom stereocenters. The molecule has 51 heavy (non-hydrogen) atoms. The number of thioether (sulfide) groups is 1. The van der Waals surface area contributed by atoms with Gasteiger partial charge in [0.05, 0.1) is 26.8 Å². The number of carbonyl (C=O) groups excluding carboxylic acids is 3. The van der Waals surface area contributed by atoms with E-state index in [0.29, 0.717) is 16.1 Å². The van der Waals surface area contributed by atoms with Gasteiger partial charge in [0.25, 0.3) is 17.5 Å². The Morgan fingerprint density at radius 1 is 0.804 bits per heavy atom. The van der Waals surface area contributed by atoms with Crippen LogP contribution in [0, 0.1) is 10.1 Å². The van der Waals surface area contributed by atoms with E-state index >= 15 is 0 Å². The number of alkyl halides is 3. The lowest BCUT2D eigenvalue weighted by Gasteiger charge is -2.19. The van der Waals surface area contributed by atoms with Crippen LogP contribution in [-0.2, 0) is 15.8 Å². The van der Waals surface area contributed by atoms with Crippen molar-refractivity contribution in [2.75, 3.05) is 10.6 Å². The number of rotatable bonds is 11. The SMILES string of the molecule is O=C(Nc1ccc(SC(C(=O)Nc2cc(C(F)(F)F)ccc2Cl)c2ccccc2)cc1)/C(=C/c1ccccc1[N+](=O)[O-])NC(=O)c1ccccc1. The third kappa shape index (κ3) is 9.62. The van der Waals surface area contributed by atoms with E-state index in [0.717, 1.165) is 30.0 Å². The van der Waals surface area contributed by atoms with Gasteiger partial charge in [0.2, 0.25) is 5.91 Å². The fraction of sp³-hybridized carbons (Fsp3) is 0.0541. The average molecular weight is 731 g/mol. The minimum absolute atomic E-state index is 0.0662. The largest absolute Gasteiger partial charge is 0.416 e. The second kappa shape index (κ2) is 16.2. The number of hydrogen-bond donors (Lipinski definition) is 3. The maximum atomic E-state index is 13.5. The molecule has 0 radical (unpaired) electrons. The molecule has 5 aromatic rings. The van der Waals surface area contributed by atoms with Crippen LogP contribution in [0.3, 0.4) is 0 Å². The van der Waals surface area contributed by atoms with E-state index in [2.05, 4.69) is 16.0 Å². The predicted octanol–water partition coefficient (Wildman–Crippen LogP) is 9.15. The third-order valence-corrected chi connectivity index (χ3v) is 8.82. The van der Waals surface area contributed by atoms with Crippen molar-refractivity contribution in [1.29, 1.82) is 0 Å². The number of nitro benzene ring substituents is 1. The maximum Gasteiger partial charge on any atom is 0.416 e. The van der Waals surface area contributed by atoms with E-state index in [4.69, 9.17) is 11.6 Å². The van der Waals surface area contributed by atoms with Crippen LogP contribution in [0.5, 0.6) is 0 Å². The number of amides is 3. The van der Waals surface area contributed by atoms with Crippen molar-refractivity contribution in [2.24, 2.45) is 0 Å². The van der Waals surface area contributed by atoms with Crippen molar-refractivity contribution in [3.8, 4) is 0 Å². The number of halogens is 4. The summed E-state index contributed by atoms with van der Waals surface area (Å²) in [4.78, 5) is 51.6. The summed E-state index contributed by atoms with van der Waals surface area (Å²) in [5.41, 5.74) is -0.487. The first kappa shape index (κ1) is 36.4. The monoisotopic (exact) mass is 730 g/mol. The first-order chi connectivity index (χ1) is 24.4. The Kier molecular flexibility index (Phi) is 11.5. The quantitative estimate of drug-likeness (QED) is 0.0538. The van der Waals surface area contributed by atoms with Crippen LogP contribution in [0.1, 0.15) is 32.3 Å². The maximum absolute atomic E-state index is 13.5. The van der Waals surface area contributed by atoms with E-state index in [1.165, 1.54) is 24.3 Å². The van der Waals surface area contributed by atoms with Gasteiger partial charge in [-0.2, -0.15) is 13.2 Å². The van der Waals surface area contributed by atoms with E-state index < -0.39 is 39.6 Å². The van der Waals surface area contributed by atoms with Crippen LogP contribution in [0.25, 0.3) is 6.08 Å². The summed E-state index contributed by atoms with van der Waals surface area (Å²) in [5, 5.41) is 18.4. The highest BCUT2D eigenvalue weighted by Crippen LogP contribution is 2.39. The Labute approximate surface area is 298 Å². The van der Waals surface area contributed by atoms with Crippen LogP contribution in [0.4, 0.5) is 30.2 Å². The Bertz CT molecular complexity index is 2100. The van der Waals surface area contributed by atoms with Crippen LogP contribution in [0.15, 0.2) is 138 Å². The normalized spacial score (nSPS) is 12.0. The first-order valence-electron chi connectivity index (χ1n) is 15.0. The summed E-state index contributed by atoms with van der Waals surface area (Å²) in [7, 11) is 0. The van der Waals surface area contributed by atoms with E-state index in [1.807, 2.05) is 0 Å². The van der Waals surface area contributed by atoms with Crippen molar-refractivity contribution >= 4 is 64.2 Å². The Hall–Kier alpha value is -5.92. The minimum Gasteiger partial charge on any atom is -0.323 e. The molecule has 0 fully saturated rings. The van der Waals surface area contributed by atoms with Crippen LogP contribution in [0.2, 0.25) is 5.02 Å². The first-order valence-corrected chi connectivity index (χ1v) is 16.3. The highest BCUT2D eigenvalue weighted by atomic mass is 35.5. The summed E-state index contributed by atoms with van der Waals surface area (Å²) in [5.74, 6) is -2.00. The number of benzene rings is 5. The minimum atomic E-state index is -4.64. The molecule has 5 aromatic carbocycles. The molecule has 0 aliphatic heterocycles. The molecule has 0 aromatic heterocycles. The van der Waals surface area contributed by atoms with Crippen molar-refractivity contribution in [2.45, 2.75) is 16.3 Å². The number of nitrogens with zero attached hydrogens (tertiary/aromatic N) is 1. The summed E-state index contributed by atoms with van der Waals surface area (Å²) < 4.78 is 40.0. The zero-order chi connectivity index (χ0) is 36.5. The average Bonchev–Trinajstić information content (AvgIpc) is 3.12. The van der Waals surface area contributed by atoms with Crippen LogP contribution in [-0.4, -0.2) is 22.6 Å². The van der Waals surface area contributed by atoms with Gasteiger partial charge in [0.1, 0.15) is 10.9 Å². The summed E-state index contributed by atoms with van der Waals surface area (Å²) in [6.45, 7) is 0. The van der Waals surface area contributed by atoms with Crippen LogP contribution >= 0.6 is 23.4 Å². The lowest BCUT2D eigenvalue weighted by molar-refractivity contribution is -0.385. The van der Waals surface area contributed by atoms with Gasteiger partial charge in [-0.25, -0.2) is 0 Å². The lowest BCUT2D eigenvalue weighted by atomic mass is 10.1. The number of carbonyl (C=O) groups is 3. The highest BCUT2D eigenvalue weighted by Gasteiger charge is 2.32. The standard InChI is InChI=1S/C37H26ClF3N4O5S/c38-29-20-15-26(37(39,40)41)22-30(29)43-36(48)33(23-9-3-1-4-10-23)51-28-18-16-27(17-19-28)42-35(47)31(44-34(46)24-11-5-2-6-12-24)21-25-13-7-8-14-32(25)45(49)50/h1-22,33H,(H,42,47)(H,43,48)(H,44,46)/b31-21-. The third-order valence-electron chi connectivity index (χ3n) is 7.22. The van der Waals surface area contributed by atoms with Crippen LogP contribution < -0.4 is 16.0 Å². The molecule has 0 bridgehead atoms. The molecule has 0 aliphatic rings. The van der Waals surface area contributed by atoms with Gasteiger partial charge in [0, 0.05) is 22.2 Å². The summed E-state index contributed by atoms with van der Waals surface area (Å²) in [6, 6.07) is 31.4. The number of anilines is 2. The molecular weight excluding hydrogens is 705 g/mol. The van der Waals surface area contributed by atoms with E-state index in [9.17, 15) is 37.7 Å². The van der Waals surface area contributed by atoms with Gasteiger partial charge < -0.3 is 16.0 Å². The number of nitrogens with one attached hydrogen (secondary N) is 3. The second-order valence-electron chi connectivity index (χ2n) is 10.8. The fourth-order valence-corrected chi connectivity index (χ4v) is 5.91. The molecule has 0 aliphatic carbocycles. The van der Waals surface area contributed by atoms with Crippen molar-refractivity contribution in [3.05, 3.63) is 170 Å². The molecule has 9 nitrogen and oxygen atoms in total. The van der Waals surface area contributed by atoms with Crippen molar-refractivity contribution in [1.82, 2.24) is 5.32 Å². The molecule has 14 heteroatoms. The summed E-state index contributed by atoms with van der Waals surface area (Å²) in [6.07, 6.45) is -3.43. The second-order valence-corrected chi connectivity index (χ2v) is 12.3. The Morgan fingerprint density at radius 3 is 2.08 bits per heavy atom. The fourth-order valence-electron chi connectivity index (χ4n) is 4.72. The number of para-hydroxylation sites is 1. The van der Waals surface area contributed by atoms with Gasteiger partial charge in [-0.05, 0) is 72.3 Å². The van der Waals surface area contributed by atoms with Gasteiger partial charge in [-0.1, -0.05) is 72.3 Å². The molecule has 0 spiro atoms. The highest BCUT2D eigenvalue weighted by molar-refractivity contribution is 8.00. The topological polar surface area (TPSA) is 130 Å². The molecule has 3 amide bonds. The lowest BCUT2D eigenvalue weighted by Crippen LogP contribution is -2.30. The van der Waals surface area contributed by atoms with Gasteiger partial charge >= 0.3 is 6.18 Å². The van der Waals surface area contributed by atoms with Gasteiger partial charge in [-0.15, -0.1) is 11.8 Å². The molecule has 5 rings (SSSR count). The Morgan fingerprint density at radius 2 is 1.43 bits per heavy atom. The molecule has 0 saturated heterocycles. The van der Waals surface area contributed by atoms with Gasteiger partial charge in [0.15, 0.2) is 0 Å². The smallest absolute Gasteiger partial charge is 0.323 e. The molecule has 258 valence electrons. The predicted molar refractivity (Wildman–Crippen MR) is 190 cm³/mol. The van der Waals surface area contributed by atoms with E-state index in [-0.39, 0.29) is 33.2 Å². The number of nitro groups is 1. The zero-order valence-electron chi connectivity index (χ0n) is 26.2. The van der Waals surface area contributed by atoms with Crippen molar-refractivity contribution in [3.63, 3.8) is 0 Å². The van der Waals surface area contributed by atoms with Crippen molar-refractivity contribution < 1.29 is 32.5 Å². The molecule has 0 heterocycles. The molecule has 3 N–H and O–H groups in total. The Balaban J connectivity index is 1.37. The van der Waals surface area contributed by atoms with E-state index in [1.54, 1.807) is 91.0 Å². The number of hydrogen-bond acceptors (Lipinski definition) is 6. The molecular formula is C37H26ClF3N4O5S. The molecule has 0 saturated carbocycles. The van der Waals surface area contributed by atoms with Gasteiger partial charge in [-0.3, -0.25) is 24.5 Å². The molecule has 1 atom stereocenters. The zero-order valence-corrected chi connectivity index (χ0v) is 27.8.